The summed E-state index contributed by atoms with van der Waals surface area (Å²) in [7, 11) is 0. The molecule has 0 spiro atoms. The second kappa shape index (κ2) is 2.73. The highest BCUT2D eigenvalue weighted by Gasteiger charge is 1.94. The fourth-order valence-corrected chi connectivity index (χ4v) is 1.13. The Morgan fingerprint density at radius 1 is 1.33 bits per heavy atom. The monoisotopic (exact) mass is 163 g/mol. The Hall–Kier alpha value is -1.71. The van der Waals surface area contributed by atoms with Gasteiger partial charge in [0.25, 0.3) is 0 Å². The number of hydrogen-bond donors (Lipinski definition) is 2. The summed E-state index contributed by atoms with van der Waals surface area (Å²) in [6, 6.07) is 3.90. The number of rotatable bonds is 2. The smallest absolute Gasteiger partial charge is 0.323 e. The summed E-state index contributed by atoms with van der Waals surface area (Å²) in [6.07, 6.45) is 5.58. The van der Waals surface area contributed by atoms with E-state index in [1.165, 1.54) is 0 Å². The summed E-state index contributed by atoms with van der Waals surface area (Å²) in [4.78, 5) is 15.9. The lowest BCUT2D eigenvalue weighted by molar-refractivity contribution is 0.784. The molecule has 0 aliphatic carbocycles. The van der Waals surface area contributed by atoms with E-state index in [1.54, 1.807) is 6.20 Å². The van der Waals surface area contributed by atoms with E-state index in [1.807, 2.05) is 29.1 Å². The van der Waals surface area contributed by atoms with Crippen LogP contribution in [0.5, 0.6) is 0 Å². The average Bonchev–Trinajstić information content (AvgIpc) is 2.63. The Morgan fingerprint density at radius 3 is 2.67 bits per heavy atom. The number of imidazole rings is 1. The molecule has 0 unspecified atom stereocenters. The van der Waals surface area contributed by atoms with Gasteiger partial charge in [0.2, 0.25) is 0 Å². The molecule has 4 heteroatoms. The molecular weight excluding hydrogens is 154 g/mol. The third-order valence-corrected chi connectivity index (χ3v) is 1.67. The molecule has 0 aliphatic rings. The first kappa shape index (κ1) is 6.97. The van der Waals surface area contributed by atoms with Crippen molar-refractivity contribution in [2.75, 3.05) is 0 Å². The first-order valence-corrected chi connectivity index (χ1v) is 3.72. The Morgan fingerprint density at radius 2 is 2.08 bits per heavy atom. The van der Waals surface area contributed by atoms with Gasteiger partial charge in [-0.15, -0.1) is 0 Å². The van der Waals surface area contributed by atoms with Crippen molar-refractivity contribution in [3.63, 3.8) is 0 Å². The van der Waals surface area contributed by atoms with Crippen LogP contribution in [0.4, 0.5) is 0 Å². The first-order valence-electron chi connectivity index (χ1n) is 3.72. The van der Waals surface area contributed by atoms with Gasteiger partial charge in [-0.2, -0.15) is 0 Å². The number of nitrogens with zero attached hydrogens (tertiary/aromatic N) is 1. The van der Waals surface area contributed by atoms with Gasteiger partial charge in [0.15, 0.2) is 0 Å². The summed E-state index contributed by atoms with van der Waals surface area (Å²) in [5.74, 6) is 0. The molecule has 2 heterocycles. The lowest BCUT2D eigenvalue weighted by Crippen LogP contribution is -2.03. The predicted molar refractivity (Wildman–Crippen MR) is 44.9 cm³/mol. The summed E-state index contributed by atoms with van der Waals surface area (Å²) in [5.41, 5.74) is 0.730. The van der Waals surface area contributed by atoms with Crippen LogP contribution in [0, 0.1) is 0 Å². The first-order chi connectivity index (χ1) is 5.84. The van der Waals surface area contributed by atoms with Gasteiger partial charge in [0.1, 0.15) is 0 Å². The summed E-state index contributed by atoms with van der Waals surface area (Å²) in [5, 5.41) is 0. The molecule has 0 aliphatic heterocycles. The number of aromatic nitrogens is 3. The van der Waals surface area contributed by atoms with Gasteiger partial charge in [0.05, 0.1) is 12.2 Å². The Bertz CT molecular complexity index is 396. The van der Waals surface area contributed by atoms with Gasteiger partial charge >= 0.3 is 5.69 Å². The molecule has 2 aromatic rings. The zero-order chi connectivity index (χ0) is 8.39. The minimum atomic E-state index is -0.155. The van der Waals surface area contributed by atoms with Crippen molar-refractivity contribution in [1.29, 1.82) is 0 Å². The zero-order valence-electron chi connectivity index (χ0n) is 6.45. The van der Waals surface area contributed by atoms with Gasteiger partial charge in [-0.05, 0) is 12.1 Å². The molecular formula is C8H9N3O. The van der Waals surface area contributed by atoms with E-state index >= 15 is 0 Å². The molecule has 0 amide bonds. The highest BCUT2D eigenvalue weighted by molar-refractivity contribution is 4.99. The van der Waals surface area contributed by atoms with E-state index in [2.05, 4.69) is 9.97 Å². The van der Waals surface area contributed by atoms with Crippen LogP contribution < -0.4 is 5.69 Å². The van der Waals surface area contributed by atoms with Crippen molar-refractivity contribution >= 4 is 0 Å². The zero-order valence-corrected chi connectivity index (χ0v) is 6.45. The van der Waals surface area contributed by atoms with Crippen molar-refractivity contribution in [3.8, 4) is 0 Å². The summed E-state index contributed by atoms with van der Waals surface area (Å²) >= 11 is 0. The van der Waals surface area contributed by atoms with Crippen LogP contribution in [-0.4, -0.2) is 14.5 Å². The van der Waals surface area contributed by atoms with Crippen molar-refractivity contribution in [2.24, 2.45) is 0 Å². The predicted octanol–water partition coefficient (Wildman–Crippen LogP) is 0.553. The van der Waals surface area contributed by atoms with Crippen LogP contribution in [0.1, 0.15) is 5.69 Å². The largest absolute Gasteiger partial charge is 0.348 e. The maximum absolute atomic E-state index is 10.7. The van der Waals surface area contributed by atoms with E-state index in [0.717, 1.165) is 5.69 Å². The van der Waals surface area contributed by atoms with E-state index in [-0.39, 0.29) is 5.69 Å². The lowest BCUT2D eigenvalue weighted by Gasteiger charge is -1.97. The fourth-order valence-electron chi connectivity index (χ4n) is 1.13. The van der Waals surface area contributed by atoms with Crippen molar-refractivity contribution < 1.29 is 0 Å². The minimum absolute atomic E-state index is 0.155. The van der Waals surface area contributed by atoms with E-state index in [0.29, 0.717) is 6.54 Å². The Balaban J connectivity index is 2.19. The van der Waals surface area contributed by atoms with Crippen LogP contribution in [0.25, 0.3) is 0 Å². The molecule has 0 saturated carbocycles. The fraction of sp³-hybridized carbons (Fsp3) is 0.125. The van der Waals surface area contributed by atoms with E-state index in [9.17, 15) is 4.79 Å². The number of H-pyrrole nitrogens is 2. The number of hydrogen-bond acceptors (Lipinski definition) is 1. The van der Waals surface area contributed by atoms with Crippen LogP contribution >= 0.6 is 0 Å². The normalized spacial score (nSPS) is 10.3. The average molecular weight is 163 g/mol. The van der Waals surface area contributed by atoms with Crippen LogP contribution in [0.3, 0.4) is 0 Å². The molecule has 62 valence electrons. The molecule has 4 nitrogen and oxygen atoms in total. The molecule has 2 rings (SSSR count). The molecule has 0 radical (unpaired) electrons. The minimum Gasteiger partial charge on any atom is -0.348 e. The molecule has 0 aromatic carbocycles. The van der Waals surface area contributed by atoms with Crippen LogP contribution in [0.15, 0.2) is 35.5 Å². The van der Waals surface area contributed by atoms with Crippen molar-refractivity contribution in [1.82, 2.24) is 14.5 Å². The molecule has 0 bridgehead atoms. The second-order valence-corrected chi connectivity index (χ2v) is 2.62. The maximum atomic E-state index is 10.7. The summed E-state index contributed by atoms with van der Waals surface area (Å²) < 4.78 is 1.99. The van der Waals surface area contributed by atoms with E-state index in [4.69, 9.17) is 0 Å². The van der Waals surface area contributed by atoms with Gasteiger partial charge in [-0.3, -0.25) is 0 Å². The second-order valence-electron chi connectivity index (χ2n) is 2.62. The Kier molecular flexibility index (Phi) is 1.59. The van der Waals surface area contributed by atoms with Crippen LogP contribution in [0.2, 0.25) is 0 Å². The highest BCUT2D eigenvalue weighted by Crippen LogP contribution is 1.95. The third-order valence-electron chi connectivity index (χ3n) is 1.67. The molecule has 2 N–H and O–H groups in total. The van der Waals surface area contributed by atoms with Gasteiger partial charge in [-0.25, -0.2) is 4.79 Å². The maximum Gasteiger partial charge on any atom is 0.323 e. The van der Waals surface area contributed by atoms with E-state index < -0.39 is 0 Å². The highest BCUT2D eigenvalue weighted by atomic mass is 16.1. The van der Waals surface area contributed by atoms with Crippen molar-refractivity contribution in [3.05, 3.63) is 46.9 Å². The topological polar surface area (TPSA) is 53.6 Å². The molecule has 0 atom stereocenters. The molecule has 0 saturated heterocycles. The van der Waals surface area contributed by atoms with Gasteiger partial charge in [0, 0.05) is 18.6 Å². The van der Waals surface area contributed by atoms with Gasteiger partial charge in [-0.1, -0.05) is 0 Å². The standard InChI is InChI=1S/C8H9N3O/c12-8-9-5-7(10-8)6-11-3-1-2-4-11/h1-5H,6H2,(H2,9,10,12). The molecule has 2 aromatic heterocycles. The number of aromatic amines is 2. The van der Waals surface area contributed by atoms with Crippen molar-refractivity contribution in [2.45, 2.75) is 6.54 Å². The Labute approximate surface area is 68.9 Å². The van der Waals surface area contributed by atoms with Crippen LogP contribution in [-0.2, 0) is 6.54 Å². The summed E-state index contributed by atoms with van der Waals surface area (Å²) in [6.45, 7) is 0.700. The molecule has 0 fully saturated rings. The van der Waals surface area contributed by atoms with Gasteiger partial charge < -0.3 is 14.5 Å². The lowest BCUT2D eigenvalue weighted by atomic mass is 10.5. The number of nitrogens with one attached hydrogen (secondary N) is 2. The third kappa shape index (κ3) is 1.32. The quantitative estimate of drug-likeness (QED) is 0.667. The molecule has 12 heavy (non-hydrogen) atoms. The SMILES string of the molecule is O=c1[nH]cc(Cn2cccc2)[nH]1.